The molecule has 9 nitrogen and oxygen atoms in total. The highest BCUT2D eigenvalue weighted by atomic mass is 35.5. The van der Waals surface area contributed by atoms with E-state index in [2.05, 4.69) is 10.3 Å². The van der Waals surface area contributed by atoms with Crippen LogP contribution in [-0.4, -0.2) is 41.8 Å². The SMILES string of the molecule is COc1ccc(Cl)cc1NC(=O)C(C)n1cnc2sc(C(=O)OCCOc3ccccc3)c(C)c2c1=O. The number of rotatable bonds is 9. The van der Waals surface area contributed by atoms with Crippen LogP contribution in [0.15, 0.2) is 59.7 Å². The third-order valence-corrected chi connectivity index (χ3v) is 7.02. The zero-order valence-corrected chi connectivity index (χ0v) is 21.9. The topological polar surface area (TPSA) is 109 Å². The highest BCUT2D eigenvalue weighted by molar-refractivity contribution is 7.20. The summed E-state index contributed by atoms with van der Waals surface area (Å²) in [6.45, 7) is 3.47. The lowest BCUT2D eigenvalue weighted by Crippen LogP contribution is -2.32. The maximum absolute atomic E-state index is 13.3. The number of hydrogen-bond acceptors (Lipinski definition) is 8. The number of ether oxygens (including phenoxy) is 3. The molecule has 0 aliphatic carbocycles. The number of methoxy groups -OCH3 is 1. The number of para-hydroxylation sites is 1. The summed E-state index contributed by atoms with van der Waals surface area (Å²) in [6, 6.07) is 13.1. The largest absolute Gasteiger partial charge is 0.495 e. The quantitative estimate of drug-likeness (QED) is 0.238. The second-order valence-corrected chi connectivity index (χ2v) is 9.44. The van der Waals surface area contributed by atoms with Gasteiger partial charge < -0.3 is 19.5 Å². The molecule has 0 saturated heterocycles. The van der Waals surface area contributed by atoms with Gasteiger partial charge in [0.2, 0.25) is 5.91 Å². The third-order valence-electron chi connectivity index (χ3n) is 5.61. The molecule has 192 valence electrons. The van der Waals surface area contributed by atoms with Gasteiger partial charge in [0.1, 0.15) is 40.5 Å². The second kappa shape index (κ2) is 11.4. The van der Waals surface area contributed by atoms with Crippen LogP contribution < -0.4 is 20.3 Å². The number of aryl methyl sites for hydroxylation is 1. The van der Waals surface area contributed by atoms with Crippen LogP contribution in [-0.2, 0) is 9.53 Å². The minimum absolute atomic E-state index is 0.0449. The van der Waals surface area contributed by atoms with E-state index in [0.29, 0.717) is 32.6 Å². The first-order valence-corrected chi connectivity index (χ1v) is 12.5. The summed E-state index contributed by atoms with van der Waals surface area (Å²) in [5, 5.41) is 3.42. The molecule has 0 aliphatic rings. The lowest BCUT2D eigenvalue weighted by molar-refractivity contribution is -0.118. The molecule has 0 fully saturated rings. The Kier molecular flexibility index (Phi) is 8.10. The molecule has 11 heteroatoms. The first-order chi connectivity index (χ1) is 17.8. The maximum atomic E-state index is 13.3. The Hall–Kier alpha value is -3.89. The van der Waals surface area contributed by atoms with E-state index in [9.17, 15) is 14.4 Å². The Labute approximate surface area is 221 Å². The van der Waals surface area contributed by atoms with Crippen molar-refractivity contribution in [2.75, 3.05) is 25.6 Å². The lowest BCUT2D eigenvalue weighted by Gasteiger charge is -2.16. The van der Waals surface area contributed by atoms with Gasteiger partial charge in [-0.25, -0.2) is 9.78 Å². The van der Waals surface area contributed by atoms with Gasteiger partial charge in [-0.1, -0.05) is 29.8 Å². The molecular formula is C26H24ClN3O6S. The van der Waals surface area contributed by atoms with E-state index in [0.717, 1.165) is 11.3 Å². The summed E-state index contributed by atoms with van der Waals surface area (Å²) in [5.41, 5.74) is 0.387. The smallest absolute Gasteiger partial charge is 0.348 e. The molecule has 1 amide bonds. The summed E-state index contributed by atoms with van der Waals surface area (Å²) < 4.78 is 17.4. The van der Waals surface area contributed by atoms with Gasteiger partial charge in [-0.3, -0.25) is 14.2 Å². The Morgan fingerprint density at radius 3 is 2.65 bits per heavy atom. The van der Waals surface area contributed by atoms with E-state index in [1.807, 2.05) is 18.2 Å². The van der Waals surface area contributed by atoms with Crippen molar-refractivity contribution in [1.82, 2.24) is 9.55 Å². The standard InChI is InChI=1S/C26H24ClN3O6S/c1-15-21-24(37-22(15)26(33)36-12-11-35-18-7-5-4-6-8-18)28-14-30(25(21)32)16(2)23(31)29-19-13-17(27)9-10-20(19)34-3/h4-10,13-14,16H,11-12H2,1-3H3,(H,29,31). The minimum Gasteiger partial charge on any atom is -0.495 e. The Balaban J connectivity index is 1.49. The number of hydrogen-bond donors (Lipinski definition) is 1. The normalized spacial score (nSPS) is 11.7. The molecule has 4 aromatic rings. The van der Waals surface area contributed by atoms with Crippen LogP contribution >= 0.6 is 22.9 Å². The number of aromatic nitrogens is 2. The van der Waals surface area contributed by atoms with E-state index in [1.54, 1.807) is 44.2 Å². The van der Waals surface area contributed by atoms with E-state index >= 15 is 0 Å². The summed E-state index contributed by atoms with van der Waals surface area (Å²) in [7, 11) is 1.48. The number of fused-ring (bicyclic) bond motifs is 1. The fourth-order valence-corrected chi connectivity index (χ4v) is 4.83. The molecule has 0 saturated carbocycles. The van der Waals surface area contributed by atoms with E-state index in [1.165, 1.54) is 18.0 Å². The van der Waals surface area contributed by atoms with E-state index < -0.39 is 23.5 Å². The van der Waals surface area contributed by atoms with Gasteiger partial charge in [0.25, 0.3) is 5.56 Å². The number of nitrogens with zero attached hydrogens (tertiary/aromatic N) is 2. The van der Waals surface area contributed by atoms with E-state index in [4.69, 9.17) is 25.8 Å². The molecule has 1 atom stereocenters. The summed E-state index contributed by atoms with van der Waals surface area (Å²) in [5.74, 6) is 0.0712. The molecule has 1 unspecified atom stereocenters. The number of anilines is 1. The molecule has 2 aromatic carbocycles. The number of esters is 1. The Morgan fingerprint density at radius 1 is 1.16 bits per heavy atom. The van der Waals surface area contributed by atoms with Crippen LogP contribution in [0.4, 0.5) is 5.69 Å². The van der Waals surface area contributed by atoms with Crippen molar-refractivity contribution in [2.24, 2.45) is 0 Å². The van der Waals surface area contributed by atoms with Gasteiger partial charge >= 0.3 is 5.97 Å². The van der Waals surface area contributed by atoms with Crippen LogP contribution in [0.25, 0.3) is 10.2 Å². The molecule has 2 aromatic heterocycles. The Bertz CT molecular complexity index is 1500. The highest BCUT2D eigenvalue weighted by Crippen LogP contribution is 2.30. The van der Waals surface area contributed by atoms with Crippen molar-refractivity contribution < 1.29 is 23.8 Å². The van der Waals surface area contributed by atoms with Crippen molar-refractivity contribution in [3.05, 3.63) is 80.7 Å². The number of carbonyl (C=O) groups excluding carboxylic acids is 2. The minimum atomic E-state index is -0.905. The van der Waals surface area contributed by atoms with Gasteiger partial charge in [0.15, 0.2) is 0 Å². The zero-order valence-electron chi connectivity index (χ0n) is 20.3. The van der Waals surface area contributed by atoms with Gasteiger partial charge in [0.05, 0.1) is 24.5 Å². The van der Waals surface area contributed by atoms with Crippen molar-refractivity contribution in [2.45, 2.75) is 19.9 Å². The fraction of sp³-hybridized carbons (Fsp3) is 0.231. The predicted molar refractivity (Wildman–Crippen MR) is 142 cm³/mol. The predicted octanol–water partition coefficient (Wildman–Crippen LogP) is 4.86. The molecule has 37 heavy (non-hydrogen) atoms. The molecule has 4 rings (SSSR count). The summed E-state index contributed by atoms with van der Waals surface area (Å²) in [4.78, 5) is 43.9. The lowest BCUT2D eigenvalue weighted by atomic mass is 10.2. The van der Waals surface area contributed by atoms with Crippen LogP contribution in [0.3, 0.4) is 0 Å². The fourth-order valence-electron chi connectivity index (χ4n) is 3.63. The van der Waals surface area contributed by atoms with Crippen molar-refractivity contribution in [3.63, 3.8) is 0 Å². The van der Waals surface area contributed by atoms with Gasteiger partial charge in [-0.2, -0.15) is 0 Å². The highest BCUT2D eigenvalue weighted by Gasteiger charge is 2.24. The maximum Gasteiger partial charge on any atom is 0.348 e. The van der Waals surface area contributed by atoms with E-state index in [-0.39, 0.29) is 23.5 Å². The third kappa shape index (κ3) is 5.76. The number of halogens is 1. The zero-order chi connectivity index (χ0) is 26.5. The molecule has 0 bridgehead atoms. The van der Waals surface area contributed by atoms with Crippen molar-refractivity contribution >= 4 is 50.7 Å². The molecule has 0 radical (unpaired) electrons. The average Bonchev–Trinajstić information content (AvgIpc) is 3.24. The second-order valence-electron chi connectivity index (χ2n) is 8.00. The Morgan fingerprint density at radius 2 is 1.92 bits per heavy atom. The van der Waals surface area contributed by atoms with Crippen LogP contribution in [0.1, 0.15) is 28.2 Å². The summed E-state index contributed by atoms with van der Waals surface area (Å²) in [6.07, 6.45) is 1.29. The van der Waals surface area contributed by atoms with Crippen molar-refractivity contribution in [3.8, 4) is 11.5 Å². The first kappa shape index (κ1) is 26.2. The molecule has 0 spiro atoms. The number of amides is 1. The van der Waals surface area contributed by atoms with Crippen LogP contribution in [0.2, 0.25) is 5.02 Å². The monoisotopic (exact) mass is 541 g/mol. The molecule has 0 aliphatic heterocycles. The molecule has 2 heterocycles. The first-order valence-electron chi connectivity index (χ1n) is 11.3. The number of nitrogens with one attached hydrogen (secondary N) is 1. The molecule has 1 N–H and O–H groups in total. The molecular weight excluding hydrogens is 518 g/mol. The van der Waals surface area contributed by atoms with Gasteiger partial charge in [0, 0.05) is 5.02 Å². The van der Waals surface area contributed by atoms with Crippen molar-refractivity contribution in [1.29, 1.82) is 0 Å². The summed E-state index contributed by atoms with van der Waals surface area (Å²) >= 11 is 7.11. The number of benzene rings is 2. The van der Waals surface area contributed by atoms with Crippen LogP contribution in [0, 0.1) is 6.92 Å². The van der Waals surface area contributed by atoms with Gasteiger partial charge in [-0.05, 0) is 49.7 Å². The van der Waals surface area contributed by atoms with Crippen LogP contribution in [0.5, 0.6) is 11.5 Å². The van der Waals surface area contributed by atoms with Gasteiger partial charge in [-0.15, -0.1) is 11.3 Å². The average molecular weight is 542 g/mol. The number of carbonyl (C=O) groups is 2. The number of thiophene rings is 1.